The van der Waals surface area contributed by atoms with Crippen molar-refractivity contribution in [2.45, 2.75) is 0 Å². The molecule has 1 unspecified atom stereocenters. The fourth-order valence-corrected chi connectivity index (χ4v) is 0.144. The smallest absolute Gasteiger partial charge is 0.328 e. The van der Waals surface area contributed by atoms with Crippen molar-refractivity contribution < 1.29 is 14.7 Å². The van der Waals surface area contributed by atoms with E-state index in [2.05, 4.69) is 0 Å². The van der Waals surface area contributed by atoms with Crippen LogP contribution in [0.4, 0.5) is 0 Å². The number of rotatable bonds is 2. The van der Waals surface area contributed by atoms with Crippen LogP contribution in [-0.2, 0) is 9.59 Å². The lowest BCUT2D eigenvalue weighted by molar-refractivity contribution is -0.141. The summed E-state index contributed by atoms with van der Waals surface area (Å²) in [5.74, 6) is -2.91. The molecule has 4 nitrogen and oxygen atoms in total. The lowest BCUT2D eigenvalue weighted by atomic mass is 10.2. The number of hydrogen-bond donors (Lipinski definition) is 1. The molecule has 0 bridgehead atoms. The minimum Gasteiger partial charge on any atom is -0.480 e. The summed E-state index contributed by atoms with van der Waals surface area (Å²) in [4.78, 5) is 19.3. The standard InChI is InChI=1S/C4H3NO3/c5-1-3(2-6)4(7)8/h2-3H,(H,7,8). The van der Waals surface area contributed by atoms with Crippen molar-refractivity contribution in [3.05, 3.63) is 0 Å². The highest BCUT2D eigenvalue weighted by Crippen LogP contribution is 1.85. The zero-order valence-corrected chi connectivity index (χ0v) is 3.87. The van der Waals surface area contributed by atoms with Gasteiger partial charge in [0.05, 0.1) is 6.07 Å². The fourth-order valence-electron chi connectivity index (χ4n) is 0.144. The summed E-state index contributed by atoms with van der Waals surface area (Å²) in [5.41, 5.74) is 0. The second-order valence-electron chi connectivity index (χ2n) is 1.08. The van der Waals surface area contributed by atoms with Crippen molar-refractivity contribution in [3.8, 4) is 6.07 Å². The largest absolute Gasteiger partial charge is 0.480 e. The molecular weight excluding hydrogens is 110 g/mol. The molecule has 0 amide bonds. The van der Waals surface area contributed by atoms with Crippen LogP contribution < -0.4 is 0 Å². The first-order valence-corrected chi connectivity index (χ1v) is 1.80. The average Bonchev–Trinajstić information content (AvgIpc) is 1.69. The molecule has 4 heteroatoms. The van der Waals surface area contributed by atoms with E-state index in [1.807, 2.05) is 0 Å². The lowest BCUT2D eigenvalue weighted by Crippen LogP contribution is -2.11. The minimum absolute atomic E-state index is 0.0856. The molecule has 0 spiro atoms. The number of carbonyl (C=O) groups excluding carboxylic acids is 1. The summed E-state index contributed by atoms with van der Waals surface area (Å²) >= 11 is 0. The van der Waals surface area contributed by atoms with Gasteiger partial charge in [-0.05, 0) is 0 Å². The number of nitrogens with zero attached hydrogens (tertiary/aromatic N) is 1. The maximum Gasteiger partial charge on any atom is 0.328 e. The Balaban J connectivity index is 3.95. The Hall–Kier alpha value is -1.37. The van der Waals surface area contributed by atoms with E-state index in [1.54, 1.807) is 0 Å². The molecular formula is C4H3NO3. The van der Waals surface area contributed by atoms with Crippen LogP contribution in [0.5, 0.6) is 0 Å². The van der Waals surface area contributed by atoms with Gasteiger partial charge in [-0.1, -0.05) is 0 Å². The molecule has 8 heavy (non-hydrogen) atoms. The predicted molar refractivity (Wildman–Crippen MR) is 22.8 cm³/mol. The molecule has 0 saturated carbocycles. The van der Waals surface area contributed by atoms with Gasteiger partial charge in [-0.3, -0.25) is 4.79 Å². The van der Waals surface area contributed by atoms with Crippen LogP contribution in [0, 0.1) is 17.2 Å². The monoisotopic (exact) mass is 113 g/mol. The normalized spacial score (nSPS) is 11.4. The summed E-state index contributed by atoms with van der Waals surface area (Å²) in [5, 5.41) is 15.8. The molecule has 1 N–H and O–H groups in total. The van der Waals surface area contributed by atoms with Gasteiger partial charge in [0.2, 0.25) is 0 Å². The second kappa shape index (κ2) is 2.75. The van der Waals surface area contributed by atoms with E-state index in [1.165, 1.54) is 6.07 Å². The number of carbonyl (C=O) groups is 2. The molecule has 0 fully saturated rings. The SMILES string of the molecule is N#CC(C=O)C(=O)O. The molecule has 1 atom stereocenters. The zero-order valence-electron chi connectivity index (χ0n) is 3.87. The quantitative estimate of drug-likeness (QED) is 0.383. The third kappa shape index (κ3) is 1.39. The third-order valence-electron chi connectivity index (χ3n) is 0.541. The molecule has 0 heterocycles. The molecule has 0 rings (SSSR count). The van der Waals surface area contributed by atoms with Crippen LogP contribution in [0.2, 0.25) is 0 Å². The highest BCUT2D eigenvalue weighted by Gasteiger charge is 2.13. The van der Waals surface area contributed by atoms with Crippen LogP contribution in [0.3, 0.4) is 0 Å². The van der Waals surface area contributed by atoms with E-state index in [0.29, 0.717) is 0 Å². The molecule has 0 aromatic heterocycles. The van der Waals surface area contributed by atoms with Gasteiger partial charge >= 0.3 is 5.97 Å². The molecule has 0 aliphatic heterocycles. The summed E-state index contributed by atoms with van der Waals surface area (Å²) < 4.78 is 0. The van der Waals surface area contributed by atoms with Crippen molar-refractivity contribution >= 4 is 12.3 Å². The Morgan fingerprint density at radius 1 is 1.88 bits per heavy atom. The molecule has 42 valence electrons. The van der Waals surface area contributed by atoms with Gasteiger partial charge in [-0.15, -0.1) is 0 Å². The lowest BCUT2D eigenvalue weighted by Gasteiger charge is -1.85. The zero-order chi connectivity index (χ0) is 6.57. The second-order valence-corrected chi connectivity index (χ2v) is 1.08. The van der Waals surface area contributed by atoms with Gasteiger partial charge in [-0.25, -0.2) is 0 Å². The van der Waals surface area contributed by atoms with Crippen LogP contribution in [0.1, 0.15) is 0 Å². The molecule has 0 aliphatic carbocycles. The number of aldehydes is 1. The summed E-state index contributed by atoms with van der Waals surface area (Å²) in [7, 11) is 0. The average molecular weight is 113 g/mol. The first-order chi connectivity index (χ1) is 3.72. The Kier molecular flexibility index (Phi) is 2.28. The van der Waals surface area contributed by atoms with Crippen molar-refractivity contribution in [3.63, 3.8) is 0 Å². The van der Waals surface area contributed by atoms with Gasteiger partial charge in [-0.2, -0.15) is 5.26 Å². The molecule has 0 saturated heterocycles. The maximum atomic E-state index is 9.71. The number of nitriles is 1. The number of aliphatic carboxylic acids is 1. The van der Waals surface area contributed by atoms with E-state index in [4.69, 9.17) is 10.4 Å². The van der Waals surface area contributed by atoms with Crippen molar-refractivity contribution in [1.82, 2.24) is 0 Å². The number of carboxylic acid groups (broad SMARTS) is 1. The topological polar surface area (TPSA) is 78.2 Å². The molecule has 0 radical (unpaired) electrons. The Bertz CT molecular complexity index is 146. The van der Waals surface area contributed by atoms with E-state index >= 15 is 0 Å². The first kappa shape index (κ1) is 6.63. The molecule has 0 aliphatic rings. The van der Waals surface area contributed by atoms with Gasteiger partial charge in [0.15, 0.2) is 5.92 Å². The van der Waals surface area contributed by atoms with E-state index in [-0.39, 0.29) is 6.29 Å². The van der Waals surface area contributed by atoms with E-state index in [0.717, 1.165) is 0 Å². The van der Waals surface area contributed by atoms with Gasteiger partial charge in [0.1, 0.15) is 6.29 Å². The highest BCUT2D eigenvalue weighted by molar-refractivity contribution is 5.89. The van der Waals surface area contributed by atoms with Crippen LogP contribution in [0.15, 0.2) is 0 Å². The van der Waals surface area contributed by atoms with E-state index in [9.17, 15) is 9.59 Å². The minimum atomic E-state index is -1.50. The van der Waals surface area contributed by atoms with Gasteiger partial charge in [0, 0.05) is 0 Å². The predicted octanol–water partition coefficient (Wildman–Crippen LogP) is -0.590. The van der Waals surface area contributed by atoms with Gasteiger partial charge in [0.25, 0.3) is 0 Å². The Morgan fingerprint density at radius 2 is 2.38 bits per heavy atom. The number of carboxylic acids is 1. The van der Waals surface area contributed by atoms with Crippen molar-refractivity contribution in [2.24, 2.45) is 5.92 Å². The first-order valence-electron chi connectivity index (χ1n) is 1.80. The van der Waals surface area contributed by atoms with Crippen LogP contribution in [0.25, 0.3) is 0 Å². The molecule has 0 aromatic carbocycles. The van der Waals surface area contributed by atoms with Crippen molar-refractivity contribution in [1.29, 1.82) is 5.26 Å². The van der Waals surface area contributed by atoms with E-state index < -0.39 is 11.9 Å². The summed E-state index contributed by atoms with van der Waals surface area (Å²) in [6.45, 7) is 0. The Labute approximate surface area is 45.3 Å². The Morgan fingerprint density at radius 3 is 2.38 bits per heavy atom. The van der Waals surface area contributed by atoms with Crippen LogP contribution >= 0.6 is 0 Å². The van der Waals surface area contributed by atoms with Crippen LogP contribution in [-0.4, -0.2) is 17.4 Å². The van der Waals surface area contributed by atoms with Gasteiger partial charge < -0.3 is 9.90 Å². The third-order valence-corrected chi connectivity index (χ3v) is 0.541. The van der Waals surface area contributed by atoms with Crippen molar-refractivity contribution in [2.75, 3.05) is 0 Å². The summed E-state index contributed by atoms with van der Waals surface area (Å²) in [6, 6.07) is 1.28. The summed E-state index contributed by atoms with van der Waals surface area (Å²) in [6.07, 6.45) is 0.0856. The fraction of sp³-hybridized carbons (Fsp3) is 0.250. The highest BCUT2D eigenvalue weighted by atomic mass is 16.4. The number of hydrogen-bond acceptors (Lipinski definition) is 3. The maximum absolute atomic E-state index is 9.71. The molecule has 0 aromatic rings.